The molecular weight excluding hydrogens is 232 g/mol. The molecule has 18 heavy (non-hydrogen) atoms. The van der Waals surface area contributed by atoms with Crippen molar-refractivity contribution in [1.29, 1.82) is 0 Å². The molecule has 0 aliphatic carbocycles. The van der Waals surface area contributed by atoms with Gasteiger partial charge in [-0.2, -0.15) is 4.98 Å². The van der Waals surface area contributed by atoms with E-state index < -0.39 is 0 Å². The second-order valence-electron chi connectivity index (χ2n) is 5.17. The lowest BCUT2D eigenvalue weighted by atomic mass is 9.80. The van der Waals surface area contributed by atoms with Crippen LogP contribution in [-0.2, 0) is 16.6 Å². The average Bonchev–Trinajstić information content (AvgIpc) is 2.86. The standard InChI is InChI=1S/C12H22N4O2/c1-16(2)6-3-10-14-11(18-15-10)12(9-13)4-7-17-8-5-12/h3-9,13H2,1-2H3. The van der Waals surface area contributed by atoms with Crippen LogP contribution >= 0.6 is 0 Å². The number of hydrogen-bond donors (Lipinski definition) is 1. The lowest BCUT2D eigenvalue weighted by Gasteiger charge is -2.32. The average molecular weight is 254 g/mol. The molecule has 2 N–H and O–H groups in total. The summed E-state index contributed by atoms with van der Waals surface area (Å²) in [5.41, 5.74) is 5.73. The van der Waals surface area contributed by atoms with Gasteiger partial charge in [-0.05, 0) is 26.9 Å². The quantitative estimate of drug-likeness (QED) is 0.807. The van der Waals surface area contributed by atoms with E-state index in [4.69, 9.17) is 15.0 Å². The van der Waals surface area contributed by atoms with Gasteiger partial charge in [0.15, 0.2) is 5.82 Å². The molecule has 0 aromatic carbocycles. The second-order valence-corrected chi connectivity index (χ2v) is 5.17. The van der Waals surface area contributed by atoms with Gasteiger partial charge < -0.3 is 19.9 Å². The highest BCUT2D eigenvalue weighted by Gasteiger charge is 2.38. The lowest BCUT2D eigenvalue weighted by molar-refractivity contribution is 0.0409. The number of nitrogens with two attached hydrogens (primary N) is 1. The Kier molecular flexibility index (Phi) is 4.31. The molecule has 102 valence electrons. The molecule has 1 aromatic rings. The summed E-state index contributed by atoms with van der Waals surface area (Å²) in [5.74, 6) is 1.44. The van der Waals surface area contributed by atoms with E-state index in [0.717, 1.165) is 31.6 Å². The summed E-state index contributed by atoms with van der Waals surface area (Å²) < 4.78 is 10.8. The number of aromatic nitrogens is 2. The molecule has 1 aliphatic heterocycles. The Labute approximate surface area is 107 Å². The minimum absolute atomic E-state index is 0.179. The highest BCUT2D eigenvalue weighted by atomic mass is 16.5. The van der Waals surface area contributed by atoms with E-state index >= 15 is 0 Å². The van der Waals surface area contributed by atoms with Gasteiger partial charge in [-0.1, -0.05) is 5.16 Å². The largest absolute Gasteiger partial charge is 0.381 e. The van der Waals surface area contributed by atoms with E-state index in [1.165, 1.54) is 0 Å². The van der Waals surface area contributed by atoms with Crippen LogP contribution in [0.1, 0.15) is 24.6 Å². The zero-order valence-corrected chi connectivity index (χ0v) is 11.2. The summed E-state index contributed by atoms with van der Waals surface area (Å²) in [6, 6.07) is 0. The first-order valence-corrected chi connectivity index (χ1v) is 6.42. The lowest BCUT2D eigenvalue weighted by Crippen LogP contribution is -2.40. The van der Waals surface area contributed by atoms with Crippen molar-refractivity contribution >= 4 is 0 Å². The Morgan fingerprint density at radius 3 is 2.67 bits per heavy atom. The molecule has 0 unspecified atom stereocenters. The van der Waals surface area contributed by atoms with Crippen molar-refractivity contribution in [3.8, 4) is 0 Å². The van der Waals surface area contributed by atoms with Gasteiger partial charge in [-0.15, -0.1) is 0 Å². The van der Waals surface area contributed by atoms with E-state index in [1.807, 2.05) is 14.1 Å². The minimum atomic E-state index is -0.179. The fraction of sp³-hybridized carbons (Fsp3) is 0.833. The summed E-state index contributed by atoms with van der Waals surface area (Å²) in [6.07, 6.45) is 2.52. The number of rotatable bonds is 5. The molecule has 0 bridgehead atoms. The summed E-state index contributed by atoms with van der Waals surface area (Å²) in [5, 5.41) is 4.05. The van der Waals surface area contributed by atoms with Crippen LogP contribution in [0.15, 0.2) is 4.52 Å². The Morgan fingerprint density at radius 2 is 2.06 bits per heavy atom. The Hall–Kier alpha value is -0.980. The van der Waals surface area contributed by atoms with Crippen LogP contribution < -0.4 is 5.73 Å². The van der Waals surface area contributed by atoms with Gasteiger partial charge in [0.05, 0.1) is 5.41 Å². The van der Waals surface area contributed by atoms with Crippen LogP contribution in [0, 0.1) is 0 Å². The number of ether oxygens (including phenoxy) is 1. The molecule has 0 atom stereocenters. The molecule has 6 heteroatoms. The third kappa shape index (κ3) is 2.88. The molecular formula is C12H22N4O2. The van der Waals surface area contributed by atoms with Crippen molar-refractivity contribution in [2.24, 2.45) is 5.73 Å². The minimum Gasteiger partial charge on any atom is -0.381 e. The van der Waals surface area contributed by atoms with E-state index in [2.05, 4.69) is 15.0 Å². The smallest absolute Gasteiger partial charge is 0.234 e. The number of nitrogens with zero attached hydrogens (tertiary/aromatic N) is 3. The molecule has 0 amide bonds. The van der Waals surface area contributed by atoms with Gasteiger partial charge in [0.2, 0.25) is 5.89 Å². The van der Waals surface area contributed by atoms with Crippen LogP contribution in [-0.4, -0.2) is 55.4 Å². The Balaban J connectivity index is 2.07. The third-order valence-electron chi connectivity index (χ3n) is 3.55. The normalized spacial score (nSPS) is 19.3. The first-order chi connectivity index (χ1) is 8.66. The SMILES string of the molecule is CN(C)CCc1noc(C2(CN)CCOCC2)n1. The van der Waals surface area contributed by atoms with Crippen molar-refractivity contribution in [3.05, 3.63) is 11.7 Å². The molecule has 0 spiro atoms. The topological polar surface area (TPSA) is 77.4 Å². The van der Waals surface area contributed by atoms with Crippen molar-refractivity contribution in [2.45, 2.75) is 24.7 Å². The first kappa shape index (κ1) is 13.5. The van der Waals surface area contributed by atoms with E-state index in [9.17, 15) is 0 Å². The zero-order valence-electron chi connectivity index (χ0n) is 11.2. The maximum atomic E-state index is 5.91. The van der Waals surface area contributed by atoms with Gasteiger partial charge in [0.25, 0.3) is 0 Å². The van der Waals surface area contributed by atoms with Crippen LogP contribution in [0.5, 0.6) is 0 Å². The fourth-order valence-corrected chi connectivity index (χ4v) is 2.16. The zero-order chi connectivity index (χ0) is 13.0. The molecule has 1 saturated heterocycles. The fourth-order valence-electron chi connectivity index (χ4n) is 2.16. The predicted octanol–water partition coefficient (Wildman–Crippen LogP) is 0.181. The number of likely N-dealkylation sites (N-methyl/N-ethyl adjacent to an activating group) is 1. The first-order valence-electron chi connectivity index (χ1n) is 6.42. The second kappa shape index (κ2) is 5.77. The maximum absolute atomic E-state index is 5.91. The monoisotopic (exact) mass is 254 g/mol. The van der Waals surface area contributed by atoms with E-state index in [-0.39, 0.29) is 5.41 Å². The van der Waals surface area contributed by atoms with Gasteiger partial charge in [-0.25, -0.2) is 0 Å². The summed E-state index contributed by atoms with van der Waals surface area (Å²) in [7, 11) is 4.06. The molecule has 2 heterocycles. The highest BCUT2D eigenvalue weighted by molar-refractivity contribution is 5.08. The highest BCUT2D eigenvalue weighted by Crippen LogP contribution is 2.32. The third-order valence-corrected chi connectivity index (χ3v) is 3.55. The summed E-state index contributed by atoms with van der Waals surface area (Å²) >= 11 is 0. The molecule has 2 rings (SSSR count). The molecule has 1 aromatic heterocycles. The number of hydrogen-bond acceptors (Lipinski definition) is 6. The predicted molar refractivity (Wildman–Crippen MR) is 67.3 cm³/mol. The molecule has 0 radical (unpaired) electrons. The van der Waals surface area contributed by atoms with Crippen molar-refractivity contribution < 1.29 is 9.26 Å². The van der Waals surface area contributed by atoms with Crippen molar-refractivity contribution in [2.75, 3.05) is 40.4 Å². The van der Waals surface area contributed by atoms with Gasteiger partial charge >= 0.3 is 0 Å². The maximum Gasteiger partial charge on any atom is 0.234 e. The van der Waals surface area contributed by atoms with Crippen LogP contribution in [0.2, 0.25) is 0 Å². The van der Waals surface area contributed by atoms with E-state index in [1.54, 1.807) is 0 Å². The Morgan fingerprint density at radius 1 is 1.33 bits per heavy atom. The molecule has 6 nitrogen and oxygen atoms in total. The summed E-state index contributed by atoms with van der Waals surface area (Å²) in [4.78, 5) is 6.61. The van der Waals surface area contributed by atoms with E-state index in [0.29, 0.717) is 25.6 Å². The molecule has 0 saturated carbocycles. The van der Waals surface area contributed by atoms with Crippen LogP contribution in [0.3, 0.4) is 0 Å². The Bertz CT molecular complexity index is 372. The van der Waals surface area contributed by atoms with Gasteiger partial charge in [0.1, 0.15) is 0 Å². The summed E-state index contributed by atoms with van der Waals surface area (Å²) in [6.45, 7) is 2.88. The molecule has 1 fully saturated rings. The van der Waals surface area contributed by atoms with Gasteiger partial charge in [-0.3, -0.25) is 0 Å². The van der Waals surface area contributed by atoms with Crippen LogP contribution in [0.25, 0.3) is 0 Å². The molecule has 1 aliphatic rings. The van der Waals surface area contributed by atoms with Gasteiger partial charge in [0, 0.05) is 32.7 Å². The van der Waals surface area contributed by atoms with Crippen molar-refractivity contribution in [1.82, 2.24) is 15.0 Å². The van der Waals surface area contributed by atoms with Crippen LogP contribution in [0.4, 0.5) is 0 Å². The van der Waals surface area contributed by atoms with Crippen molar-refractivity contribution in [3.63, 3.8) is 0 Å².